The molecule has 7 heteroatoms. The lowest BCUT2D eigenvalue weighted by atomic mass is 10.1. The van der Waals surface area contributed by atoms with E-state index in [1.54, 1.807) is 0 Å². The molecular formula is C16H23N5O2. The number of nitrogens with one attached hydrogen (secondary N) is 1. The first kappa shape index (κ1) is 17.2. The lowest BCUT2D eigenvalue weighted by Crippen LogP contribution is -2.48. The van der Waals surface area contributed by atoms with Gasteiger partial charge in [0, 0.05) is 26.1 Å². The molecule has 0 spiro atoms. The summed E-state index contributed by atoms with van der Waals surface area (Å²) in [6.07, 6.45) is 0.469. The molecule has 0 radical (unpaired) electrons. The maximum atomic E-state index is 12.3. The van der Waals surface area contributed by atoms with E-state index in [-0.39, 0.29) is 18.1 Å². The Morgan fingerprint density at radius 1 is 1.35 bits per heavy atom. The van der Waals surface area contributed by atoms with Crippen LogP contribution in [0.3, 0.4) is 0 Å². The number of ether oxygens (including phenoxy) is 1. The molecule has 7 nitrogen and oxygen atoms in total. The van der Waals surface area contributed by atoms with Crippen LogP contribution in [0.1, 0.15) is 37.1 Å². The number of carbonyl (C=O) groups is 1. The monoisotopic (exact) mass is 317 g/mol. The van der Waals surface area contributed by atoms with Crippen LogP contribution in [0.15, 0.2) is 0 Å². The number of nitrogens with zero attached hydrogens (tertiary/aromatic N) is 4. The van der Waals surface area contributed by atoms with Gasteiger partial charge in [-0.05, 0) is 33.3 Å². The molecule has 1 saturated heterocycles. The van der Waals surface area contributed by atoms with E-state index < -0.39 is 0 Å². The predicted octanol–water partition coefficient (Wildman–Crippen LogP) is 1.40. The second-order valence-corrected chi connectivity index (χ2v) is 5.98. The summed E-state index contributed by atoms with van der Waals surface area (Å²) in [6, 6.07) is 2.14. The molecule has 124 valence electrons. The van der Waals surface area contributed by atoms with E-state index in [2.05, 4.69) is 21.6 Å². The van der Waals surface area contributed by atoms with E-state index in [1.165, 1.54) is 0 Å². The molecule has 2 rings (SSSR count). The SMILES string of the molecule is Cc1nnc(NCCC(=O)N2C[C@@H](C)O[C@@H](C)C2)c(C#N)c1C. The molecule has 1 fully saturated rings. The summed E-state index contributed by atoms with van der Waals surface area (Å²) in [5, 5.41) is 20.3. The maximum Gasteiger partial charge on any atom is 0.224 e. The van der Waals surface area contributed by atoms with Gasteiger partial charge >= 0.3 is 0 Å². The highest BCUT2D eigenvalue weighted by Gasteiger charge is 2.25. The van der Waals surface area contributed by atoms with E-state index in [0.717, 1.165) is 11.3 Å². The Hall–Kier alpha value is -2.20. The van der Waals surface area contributed by atoms with Crippen LogP contribution >= 0.6 is 0 Å². The minimum atomic E-state index is 0.0615. The van der Waals surface area contributed by atoms with Gasteiger partial charge in [0.2, 0.25) is 5.91 Å². The van der Waals surface area contributed by atoms with Gasteiger partial charge in [0.1, 0.15) is 11.6 Å². The zero-order valence-corrected chi connectivity index (χ0v) is 14.1. The summed E-state index contributed by atoms with van der Waals surface area (Å²) >= 11 is 0. The Morgan fingerprint density at radius 2 is 2.00 bits per heavy atom. The first-order valence-corrected chi connectivity index (χ1v) is 7.83. The molecule has 23 heavy (non-hydrogen) atoms. The van der Waals surface area contributed by atoms with Crippen molar-refractivity contribution in [2.45, 2.75) is 46.3 Å². The van der Waals surface area contributed by atoms with Crippen molar-refractivity contribution in [3.63, 3.8) is 0 Å². The van der Waals surface area contributed by atoms with Gasteiger partial charge in [0.15, 0.2) is 5.82 Å². The Kier molecular flexibility index (Phi) is 5.50. The third kappa shape index (κ3) is 4.17. The molecular weight excluding hydrogens is 294 g/mol. The Labute approximate surface area is 136 Å². The summed E-state index contributed by atoms with van der Waals surface area (Å²) < 4.78 is 5.63. The van der Waals surface area contributed by atoms with Crippen molar-refractivity contribution < 1.29 is 9.53 Å². The number of hydrogen-bond acceptors (Lipinski definition) is 6. The molecule has 1 amide bonds. The molecule has 0 aliphatic carbocycles. The minimum absolute atomic E-state index is 0.0615. The fraction of sp³-hybridized carbons (Fsp3) is 0.625. The van der Waals surface area contributed by atoms with Crippen LogP contribution in [0.4, 0.5) is 5.82 Å². The summed E-state index contributed by atoms with van der Waals surface area (Å²) in [7, 11) is 0. The number of hydrogen-bond donors (Lipinski definition) is 1. The minimum Gasteiger partial charge on any atom is -0.372 e. The highest BCUT2D eigenvalue weighted by Crippen LogP contribution is 2.17. The largest absolute Gasteiger partial charge is 0.372 e. The molecule has 0 unspecified atom stereocenters. The number of carbonyl (C=O) groups excluding carboxylic acids is 1. The highest BCUT2D eigenvalue weighted by atomic mass is 16.5. The van der Waals surface area contributed by atoms with Crippen molar-refractivity contribution in [3.05, 3.63) is 16.8 Å². The highest BCUT2D eigenvalue weighted by molar-refractivity contribution is 5.77. The lowest BCUT2D eigenvalue weighted by Gasteiger charge is -2.35. The van der Waals surface area contributed by atoms with Crippen molar-refractivity contribution in [2.75, 3.05) is 25.0 Å². The molecule has 0 saturated carbocycles. The molecule has 1 aliphatic heterocycles. The van der Waals surface area contributed by atoms with Crippen molar-refractivity contribution in [3.8, 4) is 6.07 Å². The normalized spacial score (nSPS) is 20.9. The molecule has 1 aromatic rings. The third-order valence-electron chi connectivity index (χ3n) is 3.97. The number of morpholine rings is 1. The van der Waals surface area contributed by atoms with Gasteiger partial charge in [-0.3, -0.25) is 4.79 Å². The molecule has 2 heterocycles. The zero-order valence-electron chi connectivity index (χ0n) is 14.1. The van der Waals surface area contributed by atoms with Gasteiger partial charge in [-0.25, -0.2) is 0 Å². The summed E-state index contributed by atoms with van der Waals surface area (Å²) in [5.74, 6) is 0.516. The number of rotatable bonds is 4. The maximum absolute atomic E-state index is 12.3. The number of anilines is 1. The van der Waals surface area contributed by atoms with Gasteiger partial charge in [-0.2, -0.15) is 10.4 Å². The molecule has 2 atom stereocenters. The molecule has 1 aliphatic rings. The Balaban J connectivity index is 1.91. The van der Waals surface area contributed by atoms with Crippen LogP contribution in [0, 0.1) is 25.2 Å². The third-order valence-corrected chi connectivity index (χ3v) is 3.97. The topological polar surface area (TPSA) is 91.1 Å². The molecule has 0 aromatic carbocycles. The Morgan fingerprint density at radius 3 is 2.61 bits per heavy atom. The first-order valence-electron chi connectivity index (χ1n) is 7.83. The van der Waals surface area contributed by atoms with Gasteiger partial charge < -0.3 is 15.0 Å². The van der Waals surface area contributed by atoms with Gasteiger partial charge in [0.05, 0.1) is 17.9 Å². The average molecular weight is 317 g/mol. The number of aryl methyl sites for hydroxylation is 1. The van der Waals surface area contributed by atoms with Crippen LogP contribution in [0.2, 0.25) is 0 Å². The number of amides is 1. The van der Waals surface area contributed by atoms with Crippen molar-refractivity contribution in [2.24, 2.45) is 0 Å². The average Bonchev–Trinajstić information content (AvgIpc) is 2.50. The van der Waals surface area contributed by atoms with E-state index in [9.17, 15) is 10.1 Å². The number of nitriles is 1. The standard InChI is InChI=1S/C16H23N5O2/c1-10-8-21(9-11(2)23-10)15(22)5-6-18-16-14(7-17)12(3)13(4)19-20-16/h10-11H,5-6,8-9H2,1-4H3,(H,18,20)/t10-,11+. The zero-order chi connectivity index (χ0) is 17.0. The van der Waals surface area contributed by atoms with E-state index in [0.29, 0.717) is 37.4 Å². The van der Waals surface area contributed by atoms with Gasteiger partial charge in [0.25, 0.3) is 0 Å². The van der Waals surface area contributed by atoms with Crippen molar-refractivity contribution >= 4 is 11.7 Å². The van der Waals surface area contributed by atoms with E-state index >= 15 is 0 Å². The van der Waals surface area contributed by atoms with Crippen LogP contribution in [-0.2, 0) is 9.53 Å². The molecule has 1 aromatic heterocycles. The summed E-state index contributed by atoms with van der Waals surface area (Å²) in [6.45, 7) is 9.26. The summed E-state index contributed by atoms with van der Waals surface area (Å²) in [5.41, 5.74) is 2.03. The van der Waals surface area contributed by atoms with Crippen LogP contribution < -0.4 is 5.32 Å². The Bertz CT molecular complexity index is 616. The molecule has 0 bridgehead atoms. The quantitative estimate of drug-likeness (QED) is 0.902. The fourth-order valence-corrected chi connectivity index (χ4v) is 2.70. The van der Waals surface area contributed by atoms with Gasteiger partial charge in [-0.1, -0.05) is 0 Å². The summed E-state index contributed by atoms with van der Waals surface area (Å²) in [4.78, 5) is 14.1. The molecule has 1 N–H and O–H groups in total. The fourth-order valence-electron chi connectivity index (χ4n) is 2.70. The van der Waals surface area contributed by atoms with Crippen LogP contribution in [0.25, 0.3) is 0 Å². The van der Waals surface area contributed by atoms with Crippen LogP contribution in [-0.4, -0.2) is 52.8 Å². The second kappa shape index (κ2) is 7.38. The van der Waals surface area contributed by atoms with Crippen molar-refractivity contribution in [1.29, 1.82) is 5.26 Å². The smallest absolute Gasteiger partial charge is 0.224 e. The van der Waals surface area contributed by atoms with Crippen LogP contribution in [0.5, 0.6) is 0 Å². The lowest BCUT2D eigenvalue weighted by molar-refractivity contribution is -0.142. The predicted molar refractivity (Wildman–Crippen MR) is 85.9 cm³/mol. The first-order chi connectivity index (χ1) is 10.9. The number of aromatic nitrogens is 2. The van der Waals surface area contributed by atoms with Crippen molar-refractivity contribution in [1.82, 2.24) is 15.1 Å². The van der Waals surface area contributed by atoms with E-state index in [4.69, 9.17) is 4.74 Å². The van der Waals surface area contributed by atoms with Gasteiger partial charge in [-0.15, -0.1) is 5.10 Å². The van der Waals surface area contributed by atoms with E-state index in [1.807, 2.05) is 32.6 Å². The second-order valence-electron chi connectivity index (χ2n) is 5.98.